The first-order valence-electron chi connectivity index (χ1n) is 4.62. The van der Waals surface area contributed by atoms with Crippen molar-refractivity contribution in [2.75, 3.05) is 5.32 Å². The first kappa shape index (κ1) is 10.1. The molecule has 80 valence electrons. The van der Waals surface area contributed by atoms with Crippen molar-refractivity contribution < 1.29 is 4.52 Å². The quantitative estimate of drug-likeness (QED) is 0.864. The van der Waals surface area contributed by atoms with E-state index in [0.29, 0.717) is 6.54 Å². The fourth-order valence-corrected chi connectivity index (χ4v) is 1.86. The fourth-order valence-electron chi connectivity index (χ4n) is 1.29. The summed E-state index contributed by atoms with van der Waals surface area (Å²) in [5.74, 6) is 1.64. The molecule has 2 aromatic rings. The minimum absolute atomic E-state index is 0.676. The third-order valence-electron chi connectivity index (χ3n) is 2.13. The normalized spacial score (nSPS) is 10.6. The van der Waals surface area contributed by atoms with Crippen LogP contribution in [-0.4, -0.2) is 14.5 Å². The summed E-state index contributed by atoms with van der Waals surface area (Å²) in [7, 11) is 0. The Morgan fingerprint density at radius 3 is 2.67 bits per heavy atom. The predicted octanol–water partition coefficient (Wildman–Crippen LogP) is 2.06. The number of rotatable bonds is 3. The van der Waals surface area contributed by atoms with Gasteiger partial charge in [0.1, 0.15) is 11.6 Å². The van der Waals surface area contributed by atoms with Gasteiger partial charge in [-0.3, -0.25) is 0 Å². The van der Waals surface area contributed by atoms with Crippen molar-refractivity contribution in [1.82, 2.24) is 14.5 Å². The molecule has 15 heavy (non-hydrogen) atoms. The Kier molecular flexibility index (Phi) is 2.68. The third kappa shape index (κ3) is 2.15. The van der Waals surface area contributed by atoms with Gasteiger partial charge in [0.25, 0.3) is 0 Å². The lowest BCUT2D eigenvalue weighted by Crippen LogP contribution is -2.00. The average molecular weight is 224 g/mol. The van der Waals surface area contributed by atoms with Crippen LogP contribution in [0.5, 0.6) is 0 Å². The van der Waals surface area contributed by atoms with Gasteiger partial charge in [0.15, 0.2) is 0 Å². The summed E-state index contributed by atoms with van der Waals surface area (Å²) in [5, 5.41) is 7.91. The first-order chi connectivity index (χ1) is 7.16. The lowest BCUT2D eigenvalue weighted by atomic mass is 10.2. The minimum Gasteiger partial charge on any atom is -0.361 e. The topological polar surface area (TPSA) is 63.8 Å². The van der Waals surface area contributed by atoms with Crippen molar-refractivity contribution in [2.24, 2.45) is 0 Å². The molecule has 0 saturated carbocycles. The number of hydrogen-bond acceptors (Lipinski definition) is 6. The summed E-state index contributed by atoms with van der Waals surface area (Å²) in [4.78, 5) is 4.21. The smallest absolute Gasteiger partial charge is 0.202 e. The van der Waals surface area contributed by atoms with E-state index in [1.54, 1.807) is 0 Å². The van der Waals surface area contributed by atoms with E-state index in [1.807, 2.05) is 20.8 Å². The molecule has 0 radical (unpaired) electrons. The van der Waals surface area contributed by atoms with Crippen molar-refractivity contribution in [3.63, 3.8) is 0 Å². The van der Waals surface area contributed by atoms with E-state index in [2.05, 4.69) is 19.8 Å². The number of aryl methyl sites for hydroxylation is 3. The highest BCUT2D eigenvalue weighted by Gasteiger charge is 2.09. The Bertz CT molecular complexity index is 443. The van der Waals surface area contributed by atoms with Crippen molar-refractivity contribution in [2.45, 2.75) is 27.3 Å². The average Bonchev–Trinajstić information content (AvgIpc) is 2.73. The van der Waals surface area contributed by atoms with Crippen molar-refractivity contribution in [3.8, 4) is 0 Å². The molecule has 0 spiro atoms. The van der Waals surface area contributed by atoms with E-state index in [4.69, 9.17) is 4.52 Å². The summed E-state index contributed by atoms with van der Waals surface area (Å²) in [6.45, 7) is 6.38. The molecule has 0 atom stereocenters. The molecular formula is C9H12N4OS. The highest BCUT2D eigenvalue weighted by Crippen LogP contribution is 2.16. The SMILES string of the molecule is Cc1nsc(NCc2c(C)noc2C)n1. The summed E-state index contributed by atoms with van der Waals surface area (Å²) in [6, 6.07) is 0. The standard InChI is InChI=1S/C9H12N4OS/c1-5-8(6(2)14-12-5)4-10-9-11-7(3)13-15-9/h4H2,1-3H3,(H,10,11,13). The molecular weight excluding hydrogens is 212 g/mol. The van der Waals surface area contributed by atoms with Gasteiger partial charge in [0.05, 0.1) is 5.69 Å². The maximum Gasteiger partial charge on any atom is 0.202 e. The predicted molar refractivity (Wildman–Crippen MR) is 57.9 cm³/mol. The molecule has 0 fully saturated rings. The van der Waals surface area contributed by atoms with E-state index in [-0.39, 0.29) is 0 Å². The molecule has 0 aliphatic heterocycles. The Labute approximate surface area is 91.7 Å². The van der Waals surface area contributed by atoms with Crippen LogP contribution in [0.3, 0.4) is 0 Å². The van der Waals surface area contributed by atoms with E-state index in [9.17, 15) is 0 Å². The Morgan fingerprint density at radius 1 is 1.33 bits per heavy atom. The molecule has 0 aliphatic carbocycles. The summed E-state index contributed by atoms with van der Waals surface area (Å²) in [5.41, 5.74) is 2.00. The molecule has 0 unspecified atom stereocenters. The largest absolute Gasteiger partial charge is 0.361 e. The molecule has 6 heteroatoms. The van der Waals surface area contributed by atoms with Gasteiger partial charge in [-0.2, -0.15) is 4.37 Å². The molecule has 0 saturated heterocycles. The zero-order valence-electron chi connectivity index (χ0n) is 8.87. The van der Waals surface area contributed by atoms with Gasteiger partial charge in [-0.1, -0.05) is 5.16 Å². The fraction of sp³-hybridized carbons (Fsp3) is 0.444. The van der Waals surface area contributed by atoms with Crippen LogP contribution in [0.25, 0.3) is 0 Å². The summed E-state index contributed by atoms with van der Waals surface area (Å²) >= 11 is 1.36. The van der Waals surface area contributed by atoms with Crippen LogP contribution in [0.2, 0.25) is 0 Å². The van der Waals surface area contributed by atoms with Crippen LogP contribution >= 0.6 is 11.5 Å². The second-order valence-corrected chi connectivity index (χ2v) is 4.05. The highest BCUT2D eigenvalue weighted by atomic mass is 32.1. The van der Waals surface area contributed by atoms with Gasteiger partial charge >= 0.3 is 0 Å². The van der Waals surface area contributed by atoms with Crippen molar-refractivity contribution in [3.05, 3.63) is 22.8 Å². The Balaban J connectivity index is 2.05. The van der Waals surface area contributed by atoms with Crippen LogP contribution in [0.1, 0.15) is 22.8 Å². The van der Waals surface area contributed by atoms with E-state index in [1.165, 1.54) is 11.5 Å². The number of anilines is 1. The third-order valence-corrected chi connectivity index (χ3v) is 2.89. The molecule has 2 aromatic heterocycles. The van der Waals surface area contributed by atoms with Gasteiger partial charge < -0.3 is 9.84 Å². The molecule has 2 heterocycles. The molecule has 0 aromatic carbocycles. The van der Waals surface area contributed by atoms with Crippen LogP contribution < -0.4 is 5.32 Å². The summed E-state index contributed by atoms with van der Waals surface area (Å²) < 4.78 is 9.16. The van der Waals surface area contributed by atoms with E-state index >= 15 is 0 Å². The van der Waals surface area contributed by atoms with Gasteiger partial charge in [0, 0.05) is 23.6 Å². The Morgan fingerprint density at radius 2 is 2.13 bits per heavy atom. The van der Waals surface area contributed by atoms with E-state index in [0.717, 1.165) is 28.0 Å². The molecule has 2 rings (SSSR count). The number of nitrogens with zero attached hydrogens (tertiary/aromatic N) is 3. The van der Waals surface area contributed by atoms with Crippen LogP contribution in [0.15, 0.2) is 4.52 Å². The number of hydrogen-bond donors (Lipinski definition) is 1. The molecule has 0 amide bonds. The van der Waals surface area contributed by atoms with Crippen LogP contribution in [0, 0.1) is 20.8 Å². The molecule has 0 bridgehead atoms. The maximum absolute atomic E-state index is 5.07. The summed E-state index contributed by atoms with van der Waals surface area (Å²) in [6.07, 6.45) is 0. The minimum atomic E-state index is 0.676. The monoisotopic (exact) mass is 224 g/mol. The number of aromatic nitrogens is 3. The van der Waals surface area contributed by atoms with Crippen molar-refractivity contribution in [1.29, 1.82) is 0 Å². The van der Waals surface area contributed by atoms with Gasteiger partial charge in [-0.05, 0) is 20.8 Å². The second kappa shape index (κ2) is 3.98. The van der Waals surface area contributed by atoms with E-state index < -0.39 is 0 Å². The molecule has 1 N–H and O–H groups in total. The molecule has 0 aliphatic rings. The van der Waals surface area contributed by atoms with Gasteiger partial charge in [-0.15, -0.1) is 0 Å². The lowest BCUT2D eigenvalue weighted by molar-refractivity contribution is 0.392. The van der Waals surface area contributed by atoms with Crippen LogP contribution in [0.4, 0.5) is 5.13 Å². The zero-order chi connectivity index (χ0) is 10.8. The van der Waals surface area contributed by atoms with Crippen molar-refractivity contribution >= 4 is 16.7 Å². The second-order valence-electron chi connectivity index (χ2n) is 3.30. The lowest BCUT2D eigenvalue weighted by Gasteiger charge is -2.00. The Hall–Kier alpha value is -1.43. The van der Waals surface area contributed by atoms with Crippen LogP contribution in [-0.2, 0) is 6.54 Å². The van der Waals surface area contributed by atoms with Gasteiger partial charge in [0.2, 0.25) is 5.13 Å². The zero-order valence-corrected chi connectivity index (χ0v) is 9.68. The maximum atomic E-state index is 5.07. The first-order valence-corrected chi connectivity index (χ1v) is 5.40. The highest BCUT2D eigenvalue weighted by molar-refractivity contribution is 7.09. The number of nitrogens with one attached hydrogen (secondary N) is 1. The molecule has 5 nitrogen and oxygen atoms in total. The van der Waals surface area contributed by atoms with Gasteiger partial charge in [-0.25, -0.2) is 4.98 Å².